The van der Waals surface area contributed by atoms with Crippen LogP contribution in [-0.2, 0) is 6.54 Å². The number of nitrogens with one attached hydrogen (secondary N) is 1. The SMILES string of the molecule is CNC(C)Cn1cnc(C)c1C. The fraction of sp³-hybridized carbons (Fsp3) is 0.667. The molecule has 68 valence electrons. The predicted octanol–water partition coefficient (Wildman–Crippen LogP) is 1.11. The van der Waals surface area contributed by atoms with Gasteiger partial charge in [0.05, 0.1) is 12.0 Å². The maximum absolute atomic E-state index is 4.24. The first-order valence-electron chi connectivity index (χ1n) is 4.30. The summed E-state index contributed by atoms with van der Waals surface area (Å²) in [5.41, 5.74) is 2.38. The van der Waals surface area contributed by atoms with Crippen molar-refractivity contribution in [3.8, 4) is 0 Å². The maximum atomic E-state index is 4.24. The molecule has 0 saturated carbocycles. The lowest BCUT2D eigenvalue weighted by Gasteiger charge is -2.11. The van der Waals surface area contributed by atoms with Gasteiger partial charge in [0.25, 0.3) is 0 Å². The van der Waals surface area contributed by atoms with Crippen molar-refractivity contribution in [2.75, 3.05) is 7.05 Å². The van der Waals surface area contributed by atoms with E-state index in [-0.39, 0.29) is 0 Å². The Morgan fingerprint density at radius 3 is 2.67 bits per heavy atom. The van der Waals surface area contributed by atoms with Crippen molar-refractivity contribution in [1.29, 1.82) is 0 Å². The number of likely N-dealkylation sites (N-methyl/N-ethyl adjacent to an activating group) is 1. The highest BCUT2D eigenvalue weighted by Gasteiger charge is 2.04. The van der Waals surface area contributed by atoms with Crippen LogP contribution in [0.4, 0.5) is 0 Å². The van der Waals surface area contributed by atoms with Gasteiger partial charge in [0, 0.05) is 18.3 Å². The molecule has 3 heteroatoms. The molecule has 0 spiro atoms. The first-order chi connectivity index (χ1) is 5.65. The lowest BCUT2D eigenvalue weighted by Crippen LogP contribution is -2.26. The Labute approximate surface area is 73.8 Å². The number of aryl methyl sites for hydroxylation is 1. The Bertz CT molecular complexity index is 252. The van der Waals surface area contributed by atoms with Gasteiger partial charge in [0.15, 0.2) is 0 Å². The van der Waals surface area contributed by atoms with E-state index in [0.717, 1.165) is 12.2 Å². The largest absolute Gasteiger partial charge is 0.333 e. The van der Waals surface area contributed by atoms with Gasteiger partial charge >= 0.3 is 0 Å². The molecular formula is C9H17N3. The zero-order chi connectivity index (χ0) is 9.14. The molecule has 0 amide bonds. The molecule has 0 aliphatic heterocycles. The lowest BCUT2D eigenvalue weighted by molar-refractivity contribution is 0.508. The van der Waals surface area contributed by atoms with Crippen molar-refractivity contribution in [2.45, 2.75) is 33.4 Å². The minimum Gasteiger partial charge on any atom is -0.333 e. The minimum absolute atomic E-state index is 0.497. The average molecular weight is 167 g/mol. The van der Waals surface area contributed by atoms with E-state index in [1.54, 1.807) is 0 Å². The van der Waals surface area contributed by atoms with E-state index < -0.39 is 0 Å². The van der Waals surface area contributed by atoms with Crippen LogP contribution in [0, 0.1) is 13.8 Å². The molecule has 0 aliphatic carbocycles. The minimum atomic E-state index is 0.497. The summed E-state index contributed by atoms with van der Waals surface area (Å²) in [4.78, 5) is 4.24. The van der Waals surface area contributed by atoms with Crippen molar-refractivity contribution in [3.63, 3.8) is 0 Å². The highest BCUT2D eigenvalue weighted by atomic mass is 15.1. The maximum Gasteiger partial charge on any atom is 0.0951 e. The first-order valence-corrected chi connectivity index (χ1v) is 4.30. The van der Waals surface area contributed by atoms with Crippen LogP contribution in [0.15, 0.2) is 6.33 Å². The van der Waals surface area contributed by atoms with E-state index in [9.17, 15) is 0 Å². The number of nitrogens with zero attached hydrogens (tertiary/aromatic N) is 2. The van der Waals surface area contributed by atoms with Crippen LogP contribution < -0.4 is 5.32 Å². The molecule has 12 heavy (non-hydrogen) atoms. The third-order valence-corrected chi connectivity index (χ3v) is 2.31. The van der Waals surface area contributed by atoms with Crippen molar-refractivity contribution >= 4 is 0 Å². The zero-order valence-electron chi connectivity index (χ0n) is 8.26. The highest BCUT2D eigenvalue weighted by molar-refractivity contribution is 5.08. The second-order valence-corrected chi connectivity index (χ2v) is 3.26. The van der Waals surface area contributed by atoms with Crippen molar-refractivity contribution in [3.05, 3.63) is 17.7 Å². The van der Waals surface area contributed by atoms with Gasteiger partial charge in [-0.2, -0.15) is 0 Å². The molecule has 0 bridgehead atoms. The molecule has 1 rings (SSSR count). The van der Waals surface area contributed by atoms with E-state index in [1.165, 1.54) is 5.69 Å². The van der Waals surface area contributed by atoms with Crippen molar-refractivity contribution < 1.29 is 0 Å². The van der Waals surface area contributed by atoms with Crippen LogP contribution in [0.1, 0.15) is 18.3 Å². The second kappa shape index (κ2) is 3.72. The first kappa shape index (κ1) is 9.26. The molecule has 1 aromatic heterocycles. The fourth-order valence-electron chi connectivity index (χ4n) is 1.11. The van der Waals surface area contributed by atoms with Gasteiger partial charge in [-0.05, 0) is 27.8 Å². The molecular weight excluding hydrogens is 150 g/mol. The summed E-state index contributed by atoms with van der Waals surface area (Å²) >= 11 is 0. The van der Waals surface area contributed by atoms with Crippen molar-refractivity contribution in [2.24, 2.45) is 0 Å². The molecule has 0 saturated heterocycles. The number of hydrogen-bond donors (Lipinski definition) is 1. The number of aromatic nitrogens is 2. The topological polar surface area (TPSA) is 29.9 Å². The smallest absolute Gasteiger partial charge is 0.0951 e. The predicted molar refractivity (Wildman–Crippen MR) is 50.2 cm³/mol. The van der Waals surface area contributed by atoms with Crippen LogP contribution in [0.25, 0.3) is 0 Å². The van der Waals surface area contributed by atoms with Crippen LogP contribution in [-0.4, -0.2) is 22.6 Å². The van der Waals surface area contributed by atoms with Crippen LogP contribution in [0.2, 0.25) is 0 Å². The molecule has 1 atom stereocenters. The molecule has 0 fully saturated rings. The Morgan fingerprint density at radius 2 is 2.25 bits per heavy atom. The van der Waals surface area contributed by atoms with Gasteiger partial charge in [-0.1, -0.05) is 0 Å². The Balaban J connectivity index is 2.69. The highest BCUT2D eigenvalue weighted by Crippen LogP contribution is 2.04. The van der Waals surface area contributed by atoms with Gasteiger partial charge in [-0.3, -0.25) is 0 Å². The summed E-state index contributed by atoms with van der Waals surface area (Å²) in [6.07, 6.45) is 1.90. The molecule has 0 aliphatic rings. The number of hydrogen-bond acceptors (Lipinski definition) is 2. The van der Waals surface area contributed by atoms with Crippen LogP contribution in [0.5, 0.6) is 0 Å². The summed E-state index contributed by atoms with van der Waals surface area (Å²) in [6.45, 7) is 7.29. The lowest BCUT2D eigenvalue weighted by atomic mass is 10.3. The molecule has 1 aromatic rings. The molecule has 1 N–H and O–H groups in total. The van der Waals surface area contributed by atoms with Gasteiger partial charge < -0.3 is 9.88 Å². The molecule has 0 aromatic carbocycles. The summed E-state index contributed by atoms with van der Waals surface area (Å²) in [5.74, 6) is 0. The summed E-state index contributed by atoms with van der Waals surface area (Å²) in [5, 5.41) is 3.20. The Kier molecular flexibility index (Phi) is 2.87. The monoisotopic (exact) mass is 167 g/mol. The van der Waals surface area contributed by atoms with Crippen LogP contribution >= 0.6 is 0 Å². The second-order valence-electron chi connectivity index (χ2n) is 3.26. The molecule has 1 unspecified atom stereocenters. The third kappa shape index (κ3) is 1.85. The van der Waals surface area contributed by atoms with E-state index >= 15 is 0 Å². The number of imidazole rings is 1. The van der Waals surface area contributed by atoms with Gasteiger partial charge in [0.2, 0.25) is 0 Å². The third-order valence-electron chi connectivity index (χ3n) is 2.31. The molecule has 3 nitrogen and oxygen atoms in total. The van der Waals surface area contributed by atoms with E-state index in [2.05, 4.69) is 28.7 Å². The zero-order valence-corrected chi connectivity index (χ0v) is 8.26. The van der Waals surface area contributed by atoms with E-state index in [0.29, 0.717) is 6.04 Å². The fourth-order valence-corrected chi connectivity index (χ4v) is 1.11. The number of rotatable bonds is 3. The summed E-state index contributed by atoms with van der Waals surface area (Å²) < 4.78 is 2.18. The average Bonchev–Trinajstić information content (AvgIpc) is 2.36. The summed E-state index contributed by atoms with van der Waals surface area (Å²) in [6, 6.07) is 0.497. The molecule has 0 radical (unpaired) electrons. The normalized spacial score (nSPS) is 13.3. The van der Waals surface area contributed by atoms with Gasteiger partial charge in [-0.25, -0.2) is 4.98 Å². The van der Waals surface area contributed by atoms with Crippen molar-refractivity contribution in [1.82, 2.24) is 14.9 Å². The van der Waals surface area contributed by atoms with E-state index in [4.69, 9.17) is 0 Å². The van der Waals surface area contributed by atoms with E-state index in [1.807, 2.05) is 20.3 Å². The summed E-state index contributed by atoms with van der Waals surface area (Å²) in [7, 11) is 1.98. The Morgan fingerprint density at radius 1 is 1.58 bits per heavy atom. The van der Waals surface area contributed by atoms with Gasteiger partial charge in [0.1, 0.15) is 0 Å². The standard InChI is InChI=1S/C9H17N3/c1-7(10-4)5-12-6-11-8(2)9(12)3/h6-7,10H,5H2,1-4H3. The Hall–Kier alpha value is -0.830. The quantitative estimate of drug-likeness (QED) is 0.730. The van der Waals surface area contributed by atoms with Gasteiger partial charge in [-0.15, -0.1) is 0 Å². The van der Waals surface area contributed by atoms with Crippen LogP contribution in [0.3, 0.4) is 0 Å². The molecule has 1 heterocycles.